The van der Waals surface area contributed by atoms with Gasteiger partial charge in [-0.15, -0.1) is 0 Å². The Morgan fingerprint density at radius 3 is 2.65 bits per heavy atom. The minimum atomic E-state index is 0.164. The SMILES string of the molecule is O=C(CCN1CCc2ccccc2C1)NCCN1CCOCC1. The molecule has 5 heteroatoms. The van der Waals surface area contributed by atoms with Gasteiger partial charge in [0.05, 0.1) is 13.2 Å². The number of nitrogens with one attached hydrogen (secondary N) is 1. The third-order valence-corrected chi connectivity index (χ3v) is 4.72. The Hall–Kier alpha value is -1.43. The minimum Gasteiger partial charge on any atom is -0.379 e. The third kappa shape index (κ3) is 5.03. The van der Waals surface area contributed by atoms with Crippen molar-refractivity contribution in [2.45, 2.75) is 19.4 Å². The summed E-state index contributed by atoms with van der Waals surface area (Å²) in [6, 6.07) is 8.62. The van der Waals surface area contributed by atoms with Crippen LogP contribution >= 0.6 is 0 Å². The number of amides is 1. The van der Waals surface area contributed by atoms with Crippen molar-refractivity contribution in [2.75, 3.05) is 52.5 Å². The molecule has 23 heavy (non-hydrogen) atoms. The molecular weight excluding hydrogens is 290 g/mol. The van der Waals surface area contributed by atoms with Crippen molar-refractivity contribution < 1.29 is 9.53 Å². The van der Waals surface area contributed by atoms with E-state index < -0.39 is 0 Å². The first-order chi connectivity index (χ1) is 11.3. The highest BCUT2D eigenvalue weighted by atomic mass is 16.5. The van der Waals surface area contributed by atoms with Crippen LogP contribution in [0.3, 0.4) is 0 Å². The van der Waals surface area contributed by atoms with E-state index in [0.29, 0.717) is 6.42 Å². The number of ether oxygens (including phenoxy) is 1. The average molecular weight is 317 g/mol. The number of nitrogens with zero attached hydrogens (tertiary/aromatic N) is 2. The van der Waals surface area contributed by atoms with Crippen LogP contribution in [0.4, 0.5) is 0 Å². The van der Waals surface area contributed by atoms with Gasteiger partial charge in [0.1, 0.15) is 0 Å². The molecule has 0 saturated carbocycles. The lowest BCUT2D eigenvalue weighted by Crippen LogP contribution is -2.42. The van der Waals surface area contributed by atoms with Crippen LogP contribution in [0.5, 0.6) is 0 Å². The highest BCUT2D eigenvalue weighted by Crippen LogP contribution is 2.18. The maximum Gasteiger partial charge on any atom is 0.221 e. The van der Waals surface area contributed by atoms with Crippen LogP contribution in [0.15, 0.2) is 24.3 Å². The minimum absolute atomic E-state index is 0.164. The Morgan fingerprint density at radius 2 is 1.83 bits per heavy atom. The molecule has 0 atom stereocenters. The van der Waals surface area contributed by atoms with Crippen LogP contribution in [-0.4, -0.2) is 68.2 Å². The van der Waals surface area contributed by atoms with Gasteiger partial charge in [0.15, 0.2) is 0 Å². The molecule has 3 rings (SSSR count). The van der Waals surface area contributed by atoms with E-state index in [-0.39, 0.29) is 5.91 Å². The predicted octanol–water partition coefficient (Wildman–Crippen LogP) is 0.883. The topological polar surface area (TPSA) is 44.8 Å². The van der Waals surface area contributed by atoms with Crippen molar-refractivity contribution in [2.24, 2.45) is 0 Å². The second-order valence-electron chi connectivity index (χ2n) is 6.35. The van der Waals surface area contributed by atoms with Crippen LogP contribution in [0, 0.1) is 0 Å². The Kier molecular flexibility index (Phi) is 6.02. The van der Waals surface area contributed by atoms with Gasteiger partial charge < -0.3 is 10.1 Å². The van der Waals surface area contributed by atoms with Crippen molar-refractivity contribution >= 4 is 5.91 Å². The Labute approximate surface area is 138 Å². The summed E-state index contributed by atoms with van der Waals surface area (Å²) in [5, 5.41) is 3.04. The van der Waals surface area contributed by atoms with E-state index in [4.69, 9.17) is 4.74 Å². The van der Waals surface area contributed by atoms with Crippen LogP contribution < -0.4 is 5.32 Å². The van der Waals surface area contributed by atoms with Crippen molar-refractivity contribution in [3.63, 3.8) is 0 Å². The number of hydrogen-bond acceptors (Lipinski definition) is 4. The van der Waals surface area contributed by atoms with E-state index in [1.807, 2.05) is 0 Å². The van der Waals surface area contributed by atoms with Crippen LogP contribution in [0.1, 0.15) is 17.5 Å². The first-order valence-corrected chi connectivity index (χ1v) is 8.67. The molecule has 0 aliphatic carbocycles. The summed E-state index contributed by atoms with van der Waals surface area (Å²) < 4.78 is 5.32. The number of fused-ring (bicyclic) bond motifs is 1. The Bertz CT molecular complexity index is 515. The molecule has 126 valence electrons. The highest BCUT2D eigenvalue weighted by Gasteiger charge is 2.16. The molecule has 1 amide bonds. The molecule has 5 nitrogen and oxygen atoms in total. The fraction of sp³-hybridized carbons (Fsp3) is 0.611. The molecule has 1 fully saturated rings. The summed E-state index contributed by atoms with van der Waals surface area (Å²) in [7, 11) is 0. The lowest BCUT2D eigenvalue weighted by Gasteiger charge is -2.28. The lowest BCUT2D eigenvalue weighted by atomic mass is 10.00. The number of morpholine rings is 1. The zero-order valence-electron chi connectivity index (χ0n) is 13.8. The van der Waals surface area contributed by atoms with Crippen LogP contribution in [0.2, 0.25) is 0 Å². The van der Waals surface area contributed by atoms with Crippen molar-refractivity contribution in [1.29, 1.82) is 0 Å². The highest BCUT2D eigenvalue weighted by molar-refractivity contribution is 5.76. The molecular formula is C18H27N3O2. The van der Waals surface area contributed by atoms with Crippen LogP contribution in [0.25, 0.3) is 0 Å². The first kappa shape index (κ1) is 16.4. The maximum atomic E-state index is 12.0. The average Bonchev–Trinajstić information content (AvgIpc) is 2.61. The Balaban J connectivity index is 1.32. The van der Waals surface area contributed by atoms with Crippen molar-refractivity contribution in [3.05, 3.63) is 35.4 Å². The largest absolute Gasteiger partial charge is 0.379 e. The van der Waals surface area contributed by atoms with Gasteiger partial charge in [-0.3, -0.25) is 14.6 Å². The standard InChI is InChI=1S/C18H27N3O2/c22-18(19-7-10-20-11-13-23-14-12-20)6-9-21-8-5-16-3-1-2-4-17(16)15-21/h1-4H,5-15H2,(H,19,22). The lowest BCUT2D eigenvalue weighted by molar-refractivity contribution is -0.121. The van der Waals surface area contributed by atoms with Gasteiger partial charge in [-0.05, 0) is 17.5 Å². The number of rotatable bonds is 6. The molecule has 2 aliphatic heterocycles. The third-order valence-electron chi connectivity index (χ3n) is 4.72. The van der Waals surface area contributed by atoms with E-state index in [2.05, 4.69) is 39.4 Å². The molecule has 1 aromatic rings. The summed E-state index contributed by atoms with van der Waals surface area (Å²) in [5.74, 6) is 0.164. The number of carbonyl (C=O) groups excluding carboxylic acids is 1. The normalized spacial score (nSPS) is 19.3. The monoisotopic (exact) mass is 317 g/mol. The summed E-state index contributed by atoms with van der Waals surface area (Å²) in [6.45, 7) is 8.10. The fourth-order valence-electron chi connectivity index (χ4n) is 3.27. The molecule has 1 aromatic carbocycles. The molecule has 0 spiro atoms. The molecule has 0 aromatic heterocycles. The van der Waals surface area contributed by atoms with Gasteiger partial charge in [-0.1, -0.05) is 24.3 Å². The molecule has 0 bridgehead atoms. The van der Waals surface area contributed by atoms with Gasteiger partial charge in [-0.2, -0.15) is 0 Å². The molecule has 2 aliphatic rings. The molecule has 2 heterocycles. The van der Waals surface area contributed by atoms with E-state index in [0.717, 1.165) is 65.4 Å². The molecule has 0 radical (unpaired) electrons. The Morgan fingerprint density at radius 1 is 1.04 bits per heavy atom. The number of hydrogen-bond donors (Lipinski definition) is 1. The van der Waals surface area contributed by atoms with Crippen LogP contribution in [-0.2, 0) is 22.5 Å². The summed E-state index contributed by atoms with van der Waals surface area (Å²) in [6.07, 6.45) is 1.68. The molecule has 1 N–H and O–H groups in total. The second kappa shape index (κ2) is 8.43. The quantitative estimate of drug-likeness (QED) is 0.846. The maximum absolute atomic E-state index is 12.0. The van der Waals surface area contributed by atoms with E-state index in [1.54, 1.807) is 0 Å². The molecule has 1 saturated heterocycles. The smallest absolute Gasteiger partial charge is 0.221 e. The predicted molar refractivity (Wildman–Crippen MR) is 90.3 cm³/mol. The van der Waals surface area contributed by atoms with Gasteiger partial charge in [-0.25, -0.2) is 0 Å². The summed E-state index contributed by atoms with van der Waals surface area (Å²) in [4.78, 5) is 16.7. The van der Waals surface area contributed by atoms with Gasteiger partial charge in [0.2, 0.25) is 5.91 Å². The van der Waals surface area contributed by atoms with E-state index in [9.17, 15) is 4.79 Å². The second-order valence-corrected chi connectivity index (χ2v) is 6.35. The zero-order chi connectivity index (χ0) is 15.9. The van der Waals surface area contributed by atoms with E-state index in [1.165, 1.54) is 11.1 Å². The van der Waals surface area contributed by atoms with Crippen molar-refractivity contribution in [1.82, 2.24) is 15.1 Å². The van der Waals surface area contributed by atoms with Gasteiger partial charge in [0, 0.05) is 52.2 Å². The first-order valence-electron chi connectivity index (χ1n) is 8.67. The van der Waals surface area contributed by atoms with Crippen molar-refractivity contribution in [3.8, 4) is 0 Å². The number of carbonyl (C=O) groups is 1. The summed E-state index contributed by atoms with van der Waals surface area (Å²) in [5.41, 5.74) is 2.87. The fourth-order valence-corrected chi connectivity index (χ4v) is 3.27. The zero-order valence-corrected chi connectivity index (χ0v) is 13.8. The summed E-state index contributed by atoms with van der Waals surface area (Å²) >= 11 is 0. The molecule has 0 unspecified atom stereocenters. The van der Waals surface area contributed by atoms with Gasteiger partial charge >= 0.3 is 0 Å². The van der Waals surface area contributed by atoms with E-state index >= 15 is 0 Å². The van der Waals surface area contributed by atoms with Gasteiger partial charge in [0.25, 0.3) is 0 Å². The number of benzene rings is 1.